The Morgan fingerprint density at radius 1 is 0.490 bits per heavy atom. The maximum absolute atomic E-state index is 2.60. The van der Waals surface area contributed by atoms with Gasteiger partial charge in [-0.2, -0.15) is 0 Å². The van der Waals surface area contributed by atoms with Crippen LogP contribution in [0.15, 0.2) is 158 Å². The van der Waals surface area contributed by atoms with Gasteiger partial charge >= 0.3 is 0 Å². The van der Waals surface area contributed by atoms with Gasteiger partial charge < -0.3 is 4.90 Å². The minimum Gasteiger partial charge on any atom is -0.313 e. The first kappa shape index (κ1) is 30.2. The molecule has 7 aromatic carbocycles. The molecule has 0 aliphatic heterocycles. The molecule has 0 saturated heterocycles. The Kier molecular flexibility index (Phi) is 6.46. The minimum atomic E-state index is -0.0963. The average molecular weight is 656 g/mol. The number of benzene rings is 7. The molecule has 7 aromatic rings. The first-order valence-corrected chi connectivity index (χ1v) is 18.3. The Morgan fingerprint density at radius 2 is 1.14 bits per heavy atom. The van der Waals surface area contributed by atoms with Crippen LogP contribution >= 0.6 is 0 Å². The average Bonchev–Trinajstić information content (AvgIpc) is 3.54. The molecule has 0 fully saturated rings. The van der Waals surface area contributed by atoms with Gasteiger partial charge in [0.2, 0.25) is 0 Å². The van der Waals surface area contributed by atoms with Crippen LogP contribution in [0, 0.1) is 5.92 Å². The van der Waals surface area contributed by atoms with E-state index in [1.807, 2.05) is 0 Å². The quantitative estimate of drug-likeness (QED) is 0.182. The molecule has 246 valence electrons. The van der Waals surface area contributed by atoms with Gasteiger partial charge in [0.1, 0.15) is 0 Å². The molecule has 0 spiro atoms. The van der Waals surface area contributed by atoms with Crippen LogP contribution in [0.2, 0.25) is 0 Å². The van der Waals surface area contributed by atoms with Crippen molar-refractivity contribution in [2.75, 3.05) is 4.90 Å². The highest BCUT2D eigenvalue weighted by Gasteiger charge is 2.49. The Bertz CT molecular complexity index is 2660. The largest absolute Gasteiger partial charge is 0.313 e. The van der Waals surface area contributed by atoms with E-state index in [0.717, 1.165) is 0 Å². The summed E-state index contributed by atoms with van der Waals surface area (Å²) < 4.78 is 0. The Morgan fingerprint density at radius 3 is 1.98 bits per heavy atom. The maximum Gasteiger partial charge on any atom is 0.0462 e. The topological polar surface area (TPSA) is 3.24 Å². The van der Waals surface area contributed by atoms with Crippen molar-refractivity contribution >= 4 is 33.9 Å². The predicted octanol–water partition coefficient (Wildman–Crippen LogP) is 11.2. The summed E-state index contributed by atoms with van der Waals surface area (Å²) in [6.45, 7) is 9.65. The number of nitrogens with zero attached hydrogens (tertiary/aromatic N) is 1. The zero-order valence-electron chi connectivity index (χ0n) is 29.7. The first-order chi connectivity index (χ1) is 24.8. The standard InChI is InChI=1S/C50H41N/c1-49(2)43-19-11-9-17-40(43)41-28-27-38(31-45(41)49)51(37-25-23-33(24-26-37)35-22-21-32-13-5-6-14-34(32)29-35)48-39-16-8-7-15-36(39)30-46-47(48)42-18-10-12-20-44(42)50(46,3)4/h5-31,46-47H,1-4H3. The number of hydrogen-bond donors (Lipinski definition) is 0. The van der Waals surface area contributed by atoms with Crippen molar-refractivity contribution in [3.63, 3.8) is 0 Å². The smallest absolute Gasteiger partial charge is 0.0462 e. The summed E-state index contributed by atoms with van der Waals surface area (Å²) in [5.41, 5.74) is 14.5. The summed E-state index contributed by atoms with van der Waals surface area (Å²) in [5.74, 6) is 0.541. The van der Waals surface area contributed by atoms with Gasteiger partial charge in [-0.15, -0.1) is 0 Å². The summed E-state index contributed by atoms with van der Waals surface area (Å²) in [5, 5.41) is 5.17. The normalized spacial score (nSPS) is 18.6. The van der Waals surface area contributed by atoms with Crippen LogP contribution in [-0.2, 0) is 10.8 Å². The monoisotopic (exact) mass is 655 g/mol. The number of anilines is 2. The highest BCUT2D eigenvalue weighted by atomic mass is 15.2. The molecule has 2 atom stereocenters. The Labute approximate surface area is 300 Å². The Hall–Kier alpha value is -5.66. The fraction of sp³-hybridized carbons (Fsp3) is 0.160. The van der Waals surface area contributed by atoms with Gasteiger partial charge in [0.05, 0.1) is 0 Å². The molecule has 0 heterocycles. The number of rotatable bonds is 4. The molecule has 0 amide bonds. The van der Waals surface area contributed by atoms with E-state index >= 15 is 0 Å². The van der Waals surface area contributed by atoms with Crippen LogP contribution in [0.5, 0.6) is 0 Å². The predicted molar refractivity (Wildman–Crippen MR) is 215 cm³/mol. The lowest BCUT2D eigenvalue weighted by molar-refractivity contribution is 0.416. The van der Waals surface area contributed by atoms with Crippen molar-refractivity contribution < 1.29 is 0 Å². The molecule has 2 unspecified atom stereocenters. The number of fused-ring (bicyclic) bond motifs is 8. The van der Waals surface area contributed by atoms with E-state index in [9.17, 15) is 0 Å². The highest BCUT2D eigenvalue weighted by Crippen LogP contribution is 2.57. The second-order valence-corrected chi connectivity index (χ2v) is 15.8. The van der Waals surface area contributed by atoms with Crippen LogP contribution in [0.3, 0.4) is 0 Å². The second-order valence-electron chi connectivity index (χ2n) is 15.8. The molecular formula is C50H41N. The third kappa shape index (κ3) is 4.40. The van der Waals surface area contributed by atoms with Crippen molar-refractivity contribution in [3.05, 3.63) is 190 Å². The lowest BCUT2D eigenvalue weighted by atomic mass is 9.72. The summed E-state index contributed by atoms with van der Waals surface area (Å²) in [7, 11) is 0. The highest BCUT2D eigenvalue weighted by molar-refractivity contribution is 5.91. The molecule has 0 bridgehead atoms. The lowest BCUT2D eigenvalue weighted by Crippen LogP contribution is -2.42. The fourth-order valence-electron chi connectivity index (χ4n) is 9.69. The molecule has 1 heteroatoms. The van der Waals surface area contributed by atoms with E-state index in [2.05, 4.69) is 196 Å². The summed E-state index contributed by atoms with van der Waals surface area (Å²) >= 11 is 0. The molecule has 0 aromatic heterocycles. The summed E-state index contributed by atoms with van der Waals surface area (Å²) in [6.07, 6.45) is 2.56. The van der Waals surface area contributed by atoms with Crippen LogP contribution in [0.4, 0.5) is 11.4 Å². The van der Waals surface area contributed by atoms with Crippen molar-refractivity contribution in [2.24, 2.45) is 5.92 Å². The first-order valence-electron chi connectivity index (χ1n) is 18.3. The van der Waals surface area contributed by atoms with Crippen molar-refractivity contribution in [1.29, 1.82) is 0 Å². The summed E-state index contributed by atoms with van der Waals surface area (Å²) in [4.78, 5) is 2.60. The van der Waals surface area contributed by atoms with E-state index in [1.54, 1.807) is 0 Å². The van der Waals surface area contributed by atoms with Gasteiger partial charge in [-0.3, -0.25) is 0 Å². The van der Waals surface area contributed by atoms with Gasteiger partial charge in [-0.05, 0) is 102 Å². The lowest BCUT2D eigenvalue weighted by Gasteiger charge is -2.38. The van der Waals surface area contributed by atoms with Gasteiger partial charge in [0, 0.05) is 33.6 Å². The number of hydrogen-bond acceptors (Lipinski definition) is 1. The minimum absolute atomic E-state index is 0.00672. The third-order valence-corrected chi connectivity index (χ3v) is 12.3. The molecule has 1 nitrogen and oxygen atoms in total. The third-order valence-electron chi connectivity index (χ3n) is 12.3. The van der Waals surface area contributed by atoms with Crippen LogP contribution in [0.25, 0.3) is 44.8 Å². The molecule has 0 N–H and O–H groups in total. The van der Waals surface area contributed by atoms with Crippen molar-refractivity contribution in [3.8, 4) is 22.3 Å². The second kappa shape index (κ2) is 10.9. The van der Waals surface area contributed by atoms with Crippen LogP contribution < -0.4 is 15.3 Å². The van der Waals surface area contributed by atoms with E-state index < -0.39 is 0 Å². The molecule has 51 heavy (non-hydrogen) atoms. The molecule has 0 radical (unpaired) electrons. The van der Waals surface area contributed by atoms with Crippen molar-refractivity contribution in [2.45, 2.75) is 44.4 Å². The van der Waals surface area contributed by atoms with Gasteiger partial charge in [-0.1, -0.05) is 161 Å². The van der Waals surface area contributed by atoms with Crippen LogP contribution in [0.1, 0.15) is 55.9 Å². The summed E-state index contributed by atoms with van der Waals surface area (Å²) in [6, 6.07) is 59.1. The zero-order chi connectivity index (χ0) is 34.5. The van der Waals surface area contributed by atoms with Gasteiger partial charge in [0.15, 0.2) is 0 Å². The van der Waals surface area contributed by atoms with Gasteiger partial charge in [0.25, 0.3) is 0 Å². The molecular weight excluding hydrogens is 615 g/mol. The van der Waals surface area contributed by atoms with E-state index in [1.165, 1.54) is 82.8 Å². The van der Waals surface area contributed by atoms with Gasteiger partial charge in [-0.25, -0.2) is 0 Å². The van der Waals surface area contributed by atoms with E-state index in [4.69, 9.17) is 0 Å². The molecule has 3 aliphatic carbocycles. The molecule has 0 saturated carbocycles. The maximum atomic E-state index is 2.60. The molecule has 10 rings (SSSR count). The fourth-order valence-corrected chi connectivity index (χ4v) is 9.69. The SMILES string of the molecule is CC1(C)c2ccccc2-c2ccc(N(C3=c4ccccc4=CC4C3c3ccccc3C4(C)C)c3ccc(-c4ccc5ccccc5c4)cc3)cc21. The van der Waals surface area contributed by atoms with Crippen LogP contribution in [-0.4, -0.2) is 0 Å². The van der Waals surface area contributed by atoms with E-state index in [0.29, 0.717) is 5.92 Å². The van der Waals surface area contributed by atoms with E-state index in [-0.39, 0.29) is 16.7 Å². The Balaban J connectivity index is 1.21. The molecule has 3 aliphatic rings. The van der Waals surface area contributed by atoms with Crippen molar-refractivity contribution in [1.82, 2.24) is 0 Å². The zero-order valence-corrected chi connectivity index (χ0v) is 29.7.